The molecule has 0 N–H and O–H groups in total. The number of phosphoric ester groups is 1. The van der Waals surface area contributed by atoms with Gasteiger partial charge in [-0.25, -0.2) is 4.57 Å². The summed E-state index contributed by atoms with van der Waals surface area (Å²) in [6.07, 6.45) is 3.41. The van der Waals surface area contributed by atoms with Crippen LogP contribution in [0.25, 0.3) is 0 Å². The van der Waals surface area contributed by atoms with E-state index in [4.69, 9.17) is 34.4 Å². The van der Waals surface area contributed by atoms with Crippen molar-refractivity contribution in [3.63, 3.8) is 0 Å². The van der Waals surface area contributed by atoms with E-state index < -0.39 is 24.7 Å². The third-order valence-corrected chi connectivity index (χ3v) is 12.7. The lowest BCUT2D eigenvalue weighted by atomic mass is 9.82. The van der Waals surface area contributed by atoms with Crippen molar-refractivity contribution in [2.24, 2.45) is 11.8 Å². The second-order valence-corrected chi connectivity index (χ2v) is 16.4. The molecule has 0 aliphatic heterocycles. The lowest BCUT2D eigenvalue weighted by molar-refractivity contribution is 0.138. The minimum atomic E-state index is -3.89. The van der Waals surface area contributed by atoms with Crippen molar-refractivity contribution >= 4 is 36.7 Å². The molecule has 0 amide bonds. The first-order valence-corrected chi connectivity index (χ1v) is 18.0. The molecule has 3 atom stereocenters. The van der Waals surface area contributed by atoms with E-state index in [1.807, 2.05) is 60.7 Å². The predicted molar refractivity (Wildman–Crippen MR) is 150 cm³/mol. The van der Waals surface area contributed by atoms with Crippen LogP contribution >= 0.6 is 24.9 Å². The van der Waals surface area contributed by atoms with Crippen LogP contribution in [0.15, 0.2) is 72.0 Å². The molecule has 0 unspecified atom stereocenters. The number of rotatable bonds is 12. The van der Waals surface area contributed by atoms with Crippen molar-refractivity contribution in [1.29, 1.82) is 5.26 Å². The minimum absolute atomic E-state index is 0.162. The van der Waals surface area contributed by atoms with E-state index >= 15 is 0 Å². The van der Waals surface area contributed by atoms with Crippen LogP contribution in [0.4, 0.5) is 0 Å². The van der Waals surface area contributed by atoms with Crippen LogP contribution in [0, 0.1) is 23.2 Å². The Morgan fingerprint density at radius 2 is 1.54 bits per heavy atom. The van der Waals surface area contributed by atoms with Gasteiger partial charge in [-0.05, 0) is 98.5 Å². The molecule has 0 bridgehead atoms. The Morgan fingerprint density at radius 1 is 0.973 bits per heavy atom. The summed E-state index contributed by atoms with van der Waals surface area (Å²) >= 11 is 7.34. The standard InChI is InChI=1S/C26H31NO6P2S2/c1-3-29-34(28,30-4-2)33-25-24-17-11-12-20(24)18-21(19-27)26(25)37-35(36,31-22-13-7-5-8-14-22)32-23-15-9-6-10-16-23/h5-10,13-16,20-21,26H,3-4,11-12,17-18H2,1-2H3/t20-,21-,26+/m1/s1. The number of hydrogen-bond acceptors (Lipinski definition) is 9. The second kappa shape index (κ2) is 12.8. The minimum Gasteiger partial charge on any atom is -0.428 e. The van der Waals surface area contributed by atoms with E-state index in [2.05, 4.69) is 6.07 Å². The smallest absolute Gasteiger partial charge is 0.428 e. The zero-order valence-electron chi connectivity index (χ0n) is 20.9. The number of phosphoric acid groups is 1. The summed E-state index contributed by atoms with van der Waals surface area (Å²) in [6, 6.07) is 21.0. The molecule has 2 aliphatic carbocycles. The zero-order valence-corrected chi connectivity index (χ0v) is 24.3. The summed E-state index contributed by atoms with van der Waals surface area (Å²) in [5, 5.41) is 9.65. The largest absolute Gasteiger partial charge is 0.529 e. The van der Waals surface area contributed by atoms with Crippen LogP contribution in [-0.2, 0) is 29.9 Å². The van der Waals surface area contributed by atoms with Gasteiger partial charge >= 0.3 is 13.5 Å². The Hall–Kier alpha value is -1.78. The van der Waals surface area contributed by atoms with Crippen LogP contribution < -0.4 is 9.05 Å². The molecule has 11 heteroatoms. The fourth-order valence-electron chi connectivity index (χ4n) is 4.60. The van der Waals surface area contributed by atoms with Gasteiger partial charge in [-0.3, -0.25) is 9.05 Å². The summed E-state index contributed by atoms with van der Waals surface area (Å²) in [4.78, 5) is 0. The van der Waals surface area contributed by atoms with Crippen molar-refractivity contribution in [2.45, 2.75) is 44.8 Å². The predicted octanol–water partition coefficient (Wildman–Crippen LogP) is 8.27. The van der Waals surface area contributed by atoms with Crippen LogP contribution in [0.5, 0.6) is 11.5 Å². The number of para-hydroxylation sites is 2. The average Bonchev–Trinajstić information content (AvgIpc) is 3.35. The van der Waals surface area contributed by atoms with Gasteiger partial charge in [-0.1, -0.05) is 36.4 Å². The van der Waals surface area contributed by atoms with E-state index in [9.17, 15) is 9.83 Å². The maximum Gasteiger partial charge on any atom is 0.529 e. The van der Waals surface area contributed by atoms with Gasteiger partial charge in [0.2, 0.25) is 0 Å². The highest BCUT2D eigenvalue weighted by molar-refractivity contribution is 8.68. The molecule has 0 spiro atoms. The first-order chi connectivity index (χ1) is 17.9. The van der Waals surface area contributed by atoms with Gasteiger partial charge in [0, 0.05) is 0 Å². The lowest BCUT2D eigenvalue weighted by Crippen LogP contribution is -2.29. The zero-order chi connectivity index (χ0) is 26.3. The normalized spacial score (nSPS) is 21.7. The highest BCUT2D eigenvalue weighted by Crippen LogP contribution is 2.67. The Balaban J connectivity index is 1.74. The van der Waals surface area contributed by atoms with E-state index in [-0.39, 0.29) is 19.1 Å². The van der Waals surface area contributed by atoms with Gasteiger partial charge in [0.05, 0.1) is 30.5 Å². The topological polar surface area (TPSA) is 87.0 Å². The fraction of sp³-hybridized carbons (Fsp3) is 0.423. The van der Waals surface area contributed by atoms with E-state index in [0.717, 1.165) is 24.8 Å². The molecule has 198 valence electrons. The fourth-order valence-corrected chi connectivity index (χ4v) is 11.4. The maximum absolute atomic E-state index is 13.5. The van der Waals surface area contributed by atoms with Gasteiger partial charge in [-0.15, -0.1) is 0 Å². The number of benzene rings is 2. The van der Waals surface area contributed by atoms with Gasteiger partial charge in [0.25, 0.3) is 0 Å². The molecule has 0 saturated heterocycles. The molecule has 2 aliphatic rings. The molecule has 0 radical (unpaired) electrons. The molecule has 2 aromatic rings. The number of nitriles is 1. The number of fused-ring (bicyclic) bond motifs is 1. The van der Waals surface area contributed by atoms with Gasteiger partial charge in [0.15, 0.2) is 0 Å². The lowest BCUT2D eigenvalue weighted by Gasteiger charge is -2.36. The molecule has 37 heavy (non-hydrogen) atoms. The number of nitrogens with zero attached hydrogens (tertiary/aromatic N) is 1. The molecule has 1 fully saturated rings. The Morgan fingerprint density at radius 3 is 2.05 bits per heavy atom. The van der Waals surface area contributed by atoms with Gasteiger partial charge in [0.1, 0.15) is 17.3 Å². The highest BCUT2D eigenvalue weighted by Gasteiger charge is 2.47. The SMILES string of the molecule is CCOP(=O)(OCC)OC1=C2CCC[C@@H]2C[C@H](C#N)[C@@H]1SP(=S)(Oc1ccccc1)Oc1ccccc1. The van der Waals surface area contributed by atoms with E-state index in [1.165, 1.54) is 11.4 Å². The average molecular weight is 580 g/mol. The summed E-state index contributed by atoms with van der Waals surface area (Å²) in [5.41, 5.74) is -2.08. The molecular formula is C26H31NO6P2S2. The molecule has 7 nitrogen and oxygen atoms in total. The molecule has 2 aromatic carbocycles. The van der Waals surface area contributed by atoms with Crippen molar-refractivity contribution in [3.05, 3.63) is 72.0 Å². The van der Waals surface area contributed by atoms with Crippen LogP contribution in [0.3, 0.4) is 0 Å². The van der Waals surface area contributed by atoms with Crippen LogP contribution in [0.1, 0.15) is 39.5 Å². The molecular weight excluding hydrogens is 548 g/mol. The molecule has 1 saturated carbocycles. The van der Waals surface area contributed by atoms with Crippen molar-refractivity contribution in [2.75, 3.05) is 13.2 Å². The molecule has 4 rings (SSSR count). The first-order valence-electron chi connectivity index (χ1n) is 12.4. The van der Waals surface area contributed by atoms with Gasteiger partial charge in [-0.2, -0.15) is 5.26 Å². The third kappa shape index (κ3) is 7.20. The van der Waals surface area contributed by atoms with Crippen molar-refractivity contribution in [1.82, 2.24) is 0 Å². The summed E-state index contributed by atoms with van der Waals surface area (Å²) in [7, 11) is -3.89. The van der Waals surface area contributed by atoms with E-state index in [1.54, 1.807) is 13.8 Å². The van der Waals surface area contributed by atoms with Crippen LogP contribution in [0.2, 0.25) is 0 Å². The highest BCUT2D eigenvalue weighted by atomic mass is 32.9. The Bertz CT molecular complexity index is 1170. The third-order valence-electron chi connectivity index (χ3n) is 6.08. The monoisotopic (exact) mass is 579 g/mol. The summed E-state index contributed by atoms with van der Waals surface area (Å²) < 4.78 is 43.2. The first kappa shape index (κ1) is 28.2. The number of hydrogen-bond donors (Lipinski definition) is 0. The summed E-state index contributed by atoms with van der Waals surface area (Å²) in [6.45, 7) is 3.79. The second-order valence-electron chi connectivity index (χ2n) is 8.61. The van der Waals surface area contributed by atoms with Gasteiger partial charge < -0.3 is 13.6 Å². The molecule has 0 aromatic heterocycles. The van der Waals surface area contributed by atoms with Crippen LogP contribution in [-0.4, -0.2) is 18.5 Å². The number of allylic oxidation sites excluding steroid dienone is 1. The molecule has 0 heterocycles. The van der Waals surface area contributed by atoms with Crippen molar-refractivity contribution < 1.29 is 27.2 Å². The van der Waals surface area contributed by atoms with E-state index in [0.29, 0.717) is 23.7 Å². The maximum atomic E-state index is 13.5. The summed E-state index contributed by atoms with van der Waals surface area (Å²) in [5.74, 6) is 1.36. The Labute approximate surface area is 228 Å². The van der Waals surface area contributed by atoms with Crippen molar-refractivity contribution in [3.8, 4) is 17.6 Å². The quantitative estimate of drug-likeness (QED) is 0.231. The Kier molecular flexibility index (Phi) is 9.80.